The van der Waals surface area contributed by atoms with Crippen molar-refractivity contribution in [2.24, 2.45) is 0 Å². The first-order valence-electron chi connectivity index (χ1n) is 5.77. The Morgan fingerprint density at radius 3 is 2.58 bits per heavy atom. The van der Waals surface area contributed by atoms with Gasteiger partial charge in [0, 0.05) is 23.0 Å². The molecule has 4 nitrogen and oxygen atoms in total. The summed E-state index contributed by atoms with van der Waals surface area (Å²) in [6.07, 6.45) is 1.61. The highest BCUT2D eigenvalue weighted by molar-refractivity contribution is 6.30. The molecule has 0 radical (unpaired) electrons. The summed E-state index contributed by atoms with van der Waals surface area (Å²) in [5.41, 5.74) is 1.33. The normalized spacial score (nSPS) is 10.2. The molecule has 1 N–H and O–H groups in total. The lowest BCUT2D eigenvalue weighted by molar-refractivity contribution is -0.116. The Kier molecular flexibility index (Phi) is 4.02. The third kappa shape index (κ3) is 3.69. The van der Waals surface area contributed by atoms with Gasteiger partial charge in [0.25, 0.3) is 5.56 Å². The summed E-state index contributed by atoms with van der Waals surface area (Å²) < 4.78 is 1.36. The molecular formula is C14H13ClN2O2. The minimum Gasteiger partial charge on any atom is -0.325 e. The number of halogens is 1. The van der Waals surface area contributed by atoms with Crippen LogP contribution >= 0.6 is 11.6 Å². The number of nitrogens with zero attached hydrogens (tertiary/aromatic N) is 1. The molecule has 19 heavy (non-hydrogen) atoms. The summed E-state index contributed by atoms with van der Waals surface area (Å²) in [7, 11) is 0. The third-order valence-electron chi connectivity index (χ3n) is 2.59. The number of anilines is 1. The van der Waals surface area contributed by atoms with E-state index in [1.165, 1.54) is 10.6 Å². The van der Waals surface area contributed by atoms with E-state index in [-0.39, 0.29) is 18.0 Å². The van der Waals surface area contributed by atoms with Crippen LogP contribution in [0.3, 0.4) is 0 Å². The van der Waals surface area contributed by atoms with E-state index in [2.05, 4.69) is 5.32 Å². The van der Waals surface area contributed by atoms with Crippen LogP contribution in [-0.2, 0) is 11.3 Å². The van der Waals surface area contributed by atoms with Crippen molar-refractivity contribution >= 4 is 23.2 Å². The van der Waals surface area contributed by atoms with E-state index in [0.717, 1.165) is 5.56 Å². The molecular weight excluding hydrogens is 264 g/mol. The summed E-state index contributed by atoms with van der Waals surface area (Å²) in [5, 5.41) is 3.31. The Balaban J connectivity index is 2.05. The summed E-state index contributed by atoms with van der Waals surface area (Å²) in [5.74, 6) is -0.256. The monoisotopic (exact) mass is 276 g/mol. The molecule has 0 saturated heterocycles. The molecule has 0 bridgehead atoms. The number of carbonyl (C=O) groups excluding carboxylic acids is 1. The van der Waals surface area contributed by atoms with Gasteiger partial charge in [0.15, 0.2) is 0 Å². The van der Waals surface area contributed by atoms with Crippen molar-refractivity contribution in [3.63, 3.8) is 0 Å². The smallest absolute Gasteiger partial charge is 0.251 e. The zero-order valence-electron chi connectivity index (χ0n) is 10.4. The highest BCUT2D eigenvalue weighted by Gasteiger charge is 2.05. The highest BCUT2D eigenvalue weighted by atomic mass is 35.5. The molecule has 0 fully saturated rings. The van der Waals surface area contributed by atoms with Crippen molar-refractivity contribution < 1.29 is 4.79 Å². The van der Waals surface area contributed by atoms with Crippen LogP contribution in [0, 0.1) is 6.92 Å². The molecule has 0 aliphatic heterocycles. The second-order valence-electron chi connectivity index (χ2n) is 4.23. The van der Waals surface area contributed by atoms with Crippen LogP contribution in [0.15, 0.2) is 47.4 Å². The van der Waals surface area contributed by atoms with Gasteiger partial charge in [-0.3, -0.25) is 9.59 Å². The van der Waals surface area contributed by atoms with Gasteiger partial charge < -0.3 is 9.88 Å². The van der Waals surface area contributed by atoms with E-state index in [1.807, 2.05) is 6.92 Å². The highest BCUT2D eigenvalue weighted by Crippen LogP contribution is 2.13. The van der Waals surface area contributed by atoms with Gasteiger partial charge in [-0.25, -0.2) is 0 Å². The Morgan fingerprint density at radius 2 is 1.95 bits per heavy atom. The number of aromatic nitrogens is 1. The van der Waals surface area contributed by atoms with Gasteiger partial charge in [-0.1, -0.05) is 11.6 Å². The molecule has 0 aliphatic rings. The van der Waals surface area contributed by atoms with E-state index in [1.54, 1.807) is 36.5 Å². The zero-order chi connectivity index (χ0) is 13.8. The van der Waals surface area contributed by atoms with E-state index >= 15 is 0 Å². The standard InChI is InChI=1S/C14H13ClN2O2/c1-10-6-7-17(14(19)8-10)9-13(18)16-12-4-2-11(15)3-5-12/h2-8H,9H2,1H3,(H,16,18). The predicted molar refractivity (Wildman–Crippen MR) is 75.5 cm³/mol. The van der Waals surface area contributed by atoms with Crippen LogP contribution in [0.1, 0.15) is 5.56 Å². The topological polar surface area (TPSA) is 51.1 Å². The average Bonchev–Trinajstić information content (AvgIpc) is 2.36. The number of carbonyl (C=O) groups is 1. The van der Waals surface area contributed by atoms with Gasteiger partial charge in [-0.05, 0) is 42.8 Å². The molecule has 0 unspecified atom stereocenters. The van der Waals surface area contributed by atoms with Crippen LogP contribution in [0.4, 0.5) is 5.69 Å². The SMILES string of the molecule is Cc1ccn(CC(=O)Nc2ccc(Cl)cc2)c(=O)c1. The number of hydrogen-bond donors (Lipinski definition) is 1. The average molecular weight is 277 g/mol. The number of amides is 1. The Labute approximate surface area is 115 Å². The van der Waals surface area contributed by atoms with Crippen LogP contribution in [0.2, 0.25) is 5.02 Å². The van der Waals surface area contributed by atoms with E-state index in [9.17, 15) is 9.59 Å². The molecule has 98 valence electrons. The van der Waals surface area contributed by atoms with E-state index in [0.29, 0.717) is 10.7 Å². The van der Waals surface area contributed by atoms with E-state index in [4.69, 9.17) is 11.6 Å². The first-order valence-corrected chi connectivity index (χ1v) is 6.15. The number of pyridine rings is 1. The van der Waals surface area contributed by atoms with Crippen LogP contribution in [-0.4, -0.2) is 10.5 Å². The fraction of sp³-hybridized carbons (Fsp3) is 0.143. The molecule has 2 rings (SSSR count). The zero-order valence-corrected chi connectivity index (χ0v) is 11.1. The van der Waals surface area contributed by atoms with Crippen molar-refractivity contribution in [2.75, 3.05) is 5.32 Å². The van der Waals surface area contributed by atoms with Crippen molar-refractivity contribution in [1.82, 2.24) is 4.57 Å². The lowest BCUT2D eigenvalue weighted by Gasteiger charge is -2.07. The van der Waals surface area contributed by atoms with E-state index < -0.39 is 0 Å². The molecule has 0 aliphatic carbocycles. The molecule has 2 aromatic rings. The summed E-state index contributed by atoms with van der Waals surface area (Å²) >= 11 is 5.76. The number of benzene rings is 1. The van der Waals surface area contributed by atoms with Gasteiger partial charge in [0.2, 0.25) is 5.91 Å². The third-order valence-corrected chi connectivity index (χ3v) is 2.85. The lowest BCUT2D eigenvalue weighted by atomic mass is 10.3. The van der Waals surface area contributed by atoms with Crippen LogP contribution in [0.5, 0.6) is 0 Å². The maximum absolute atomic E-state index is 11.8. The second-order valence-corrected chi connectivity index (χ2v) is 4.66. The van der Waals surface area contributed by atoms with Gasteiger partial charge in [-0.2, -0.15) is 0 Å². The number of hydrogen-bond acceptors (Lipinski definition) is 2. The quantitative estimate of drug-likeness (QED) is 0.936. The number of rotatable bonds is 3. The minimum atomic E-state index is -0.256. The molecule has 0 spiro atoms. The summed E-state index contributed by atoms with van der Waals surface area (Å²) in [4.78, 5) is 23.4. The number of aryl methyl sites for hydroxylation is 1. The summed E-state index contributed by atoms with van der Waals surface area (Å²) in [6, 6.07) is 10.1. The Bertz CT molecular complexity index is 647. The Morgan fingerprint density at radius 1 is 1.26 bits per heavy atom. The maximum atomic E-state index is 11.8. The van der Waals surface area contributed by atoms with Crippen molar-refractivity contribution in [3.05, 3.63) is 63.5 Å². The summed E-state index contributed by atoms with van der Waals surface area (Å²) in [6.45, 7) is 1.82. The molecule has 1 aromatic heterocycles. The van der Waals surface area contributed by atoms with Crippen molar-refractivity contribution in [2.45, 2.75) is 13.5 Å². The largest absolute Gasteiger partial charge is 0.325 e. The van der Waals surface area contributed by atoms with Gasteiger partial charge in [-0.15, -0.1) is 0 Å². The maximum Gasteiger partial charge on any atom is 0.251 e. The molecule has 0 atom stereocenters. The minimum absolute atomic E-state index is 0.0122. The first kappa shape index (κ1) is 13.4. The van der Waals surface area contributed by atoms with Gasteiger partial charge in [0.05, 0.1) is 0 Å². The fourth-order valence-electron chi connectivity index (χ4n) is 1.63. The second kappa shape index (κ2) is 5.71. The van der Waals surface area contributed by atoms with Gasteiger partial charge >= 0.3 is 0 Å². The lowest BCUT2D eigenvalue weighted by Crippen LogP contribution is -2.26. The molecule has 1 amide bonds. The van der Waals surface area contributed by atoms with Crippen LogP contribution in [0.25, 0.3) is 0 Å². The molecule has 5 heteroatoms. The van der Waals surface area contributed by atoms with Crippen molar-refractivity contribution in [1.29, 1.82) is 0 Å². The molecule has 1 heterocycles. The van der Waals surface area contributed by atoms with Gasteiger partial charge in [0.1, 0.15) is 6.54 Å². The predicted octanol–water partition coefficient (Wildman–Crippen LogP) is 2.45. The Hall–Kier alpha value is -2.07. The van der Waals surface area contributed by atoms with Crippen LogP contribution < -0.4 is 10.9 Å². The first-order chi connectivity index (χ1) is 9.04. The number of nitrogens with one attached hydrogen (secondary N) is 1. The fourth-order valence-corrected chi connectivity index (χ4v) is 1.75. The molecule has 0 saturated carbocycles. The molecule has 1 aromatic carbocycles. The van der Waals surface area contributed by atoms with Crippen molar-refractivity contribution in [3.8, 4) is 0 Å².